The maximum absolute atomic E-state index is 12.0. The molecule has 88 valence electrons. The maximum Gasteiger partial charge on any atom is 0.143 e. The van der Waals surface area contributed by atoms with Crippen LogP contribution in [0.2, 0.25) is 0 Å². The molecule has 1 N–H and O–H groups in total. The van der Waals surface area contributed by atoms with E-state index in [0.29, 0.717) is 12.2 Å². The van der Waals surface area contributed by atoms with Crippen molar-refractivity contribution in [3.8, 4) is 0 Å². The zero-order valence-electron chi connectivity index (χ0n) is 9.99. The second-order valence-electron chi connectivity index (χ2n) is 4.43. The highest BCUT2D eigenvalue weighted by Gasteiger charge is 2.23. The van der Waals surface area contributed by atoms with Crippen LogP contribution in [0.3, 0.4) is 0 Å². The standard InChI is InChI=1S/C12H19N3O/c1-3-15-11(6-9(2)14-15)7-12(16)10-4-5-13-8-10/h6,10,13H,3-5,7-8H2,1-2H3. The third-order valence-electron chi connectivity index (χ3n) is 3.16. The summed E-state index contributed by atoms with van der Waals surface area (Å²) < 4.78 is 1.93. The molecule has 1 fully saturated rings. The second-order valence-corrected chi connectivity index (χ2v) is 4.43. The van der Waals surface area contributed by atoms with Crippen molar-refractivity contribution in [3.63, 3.8) is 0 Å². The van der Waals surface area contributed by atoms with Crippen LogP contribution in [0.25, 0.3) is 0 Å². The van der Waals surface area contributed by atoms with Crippen LogP contribution in [0, 0.1) is 12.8 Å². The van der Waals surface area contributed by atoms with E-state index in [9.17, 15) is 4.79 Å². The van der Waals surface area contributed by atoms with Gasteiger partial charge in [-0.2, -0.15) is 5.10 Å². The van der Waals surface area contributed by atoms with Crippen LogP contribution in [0.15, 0.2) is 6.07 Å². The Kier molecular flexibility index (Phi) is 3.39. The number of nitrogens with zero attached hydrogens (tertiary/aromatic N) is 2. The van der Waals surface area contributed by atoms with Crippen LogP contribution in [-0.4, -0.2) is 28.7 Å². The number of nitrogens with one attached hydrogen (secondary N) is 1. The van der Waals surface area contributed by atoms with Crippen LogP contribution in [0.5, 0.6) is 0 Å². The molecule has 4 nitrogen and oxygen atoms in total. The molecule has 0 spiro atoms. The van der Waals surface area contributed by atoms with Crippen LogP contribution in [0.4, 0.5) is 0 Å². The molecule has 0 amide bonds. The van der Waals surface area contributed by atoms with E-state index >= 15 is 0 Å². The summed E-state index contributed by atoms with van der Waals surface area (Å²) in [5.74, 6) is 0.556. The number of aryl methyl sites for hydroxylation is 2. The molecule has 0 aliphatic carbocycles. The Morgan fingerprint density at radius 2 is 2.50 bits per heavy atom. The van der Waals surface area contributed by atoms with Gasteiger partial charge in [0.15, 0.2) is 0 Å². The third-order valence-corrected chi connectivity index (χ3v) is 3.16. The average Bonchev–Trinajstić information content (AvgIpc) is 2.87. The lowest BCUT2D eigenvalue weighted by Crippen LogP contribution is -2.20. The fraction of sp³-hybridized carbons (Fsp3) is 0.667. The lowest BCUT2D eigenvalue weighted by atomic mass is 9.99. The van der Waals surface area contributed by atoms with Crippen LogP contribution < -0.4 is 5.32 Å². The minimum Gasteiger partial charge on any atom is -0.316 e. The topological polar surface area (TPSA) is 46.9 Å². The molecule has 4 heteroatoms. The summed E-state index contributed by atoms with van der Waals surface area (Å²) in [7, 11) is 0. The Balaban J connectivity index is 2.04. The van der Waals surface area contributed by atoms with Crippen molar-refractivity contribution < 1.29 is 4.79 Å². The largest absolute Gasteiger partial charge is 0.316 e. The highest BCUT2D eigenvalue weighted by Crippen LogP contribution is 2.13. The van der Waals surface area contributed by atoms with Gasteiger partial charge in [-0.15, -0.1) is 0 Å². The molecule has 1 saturated heterocycles. The zero-order valence-corrected chi connectivity index (χ0v) is 9.99. The number of aromatic nitrogens is 2. The molecule has 1 aromatic rings. The van der Waals surface area contributed by atoms with Crippen LogP contribution in [0.1, 0.15) is 24.7 Å². The molecular formula is C12H19N3O. The van der Waals surface area contributed by atoms with Gasteiger partial charge in [-0.05, 0) is 32.9 Å². The first-order valence-corrected chi connectivity index (χ1v) is 5.97. The number of Topliss-reactive ketones (excluding diaryl/α,β-unsaturated/α-hetero) is 1. The van der Waals surface area contributed by atoms with Crippen molar-refractivity contribution in [1.82, 2.24) is 15.1 Å². The Bertz CT molecular complexity index is 378. The predicted octanol–water partition coefficient (Wildman–Crippen LogP) is 0.933. The number of hydrogen-bond donors (Lipinski definition) is 1. The maximum atomic E-state index is 12.0. The van der Waals surface area contributed by atoms with Gasteiger partial charge in [-0.3, -0.25) is 9.48 Å². The lowest BCUT2D eigenvalue weighted by molar-refractivity contribution is -0.121. The molecule has 1 aromatic heterocycles. The van der Waals surface area contributed by atoms with E-state index in [1.807, 2.05) is 17.7 Å². The van der Waals surface area contributed by atoms with Gasteiger partial charge in [0.1, 0.15) is 5.78 Å². The second kappa shape index (κ2) is 4.78. The van der Waals surface area contributed by atoms with Crippen molar-refractivity contribution in [2.24, 2.45) is 5.92 Å². The fourth-order valence-electron chi connectivity index (χ4n) is 2.27. The Labute approximate surface area is 96.0 Å². The number of rotatable bonds is 4. The molecule has 1 unspecified atom stereocenters. The van der Waals surface area contributed by atoms with Crippen molar-refractivity contribution in [1.29, 1.82) is 0 Å². The molecule has 1 aliphatic rings. The van der Waals surface area contributed by atoms with Gasteiger partial charge in [0.25, 0.3) is 0 Å². The summed E-state index contributed by atoms with van der Waals surface area (Å²) in [6.45, 7) is 6.68. The first-order valence-electron chi connectivity index (χ1n) is 5.97. The number of hydrogen-bond acceptors (Lipinski definition) is 3. The molecule has 0 bridgehead atoms. The molecule has 2 rings (SSSR count). The molecule has 0 radical (unpaired) electrons. The van der Waals surface area contributed by atoms with Gasteiger partial charge in [0.2, 0.25) is 0 Å². The summed E-state index contributed by atoms with van der Waals surface area (Å²) in [5, 5.41) is 7.59. The molecule has 1 aliphatic heterocycles. The Morgan fingerprint density at radius 1 is 1.69 bits per heavy atom. The van der Waals surface area contributed by atoms with Crippen molar-refractivity contribution in [2.75, 3.05) is 13.1 Å². The van der Waals surface area contributed by atoms with Gasteiger partial charge >= 0.3 is 0 Å². The van der Waals surface area contributed by atoms with Crippen molar-refractivity contribution in [2.45, 2.75) is 33.2 Å². The first kappa shape index (κ1) is 11.3. The van der Waals surface area contributed by atoms with E-state index < -0.39 is 0 Å². The lowest BCUT2D eigenvalue weighted by Gasteiger charge is -2.08. The molecular weight excluding hydrogens is 202 g/mol. The predicted molar refractivity (Wildman–Crippen MR) is 62.3 cm³/mol. The average molecular weight is 221 g/mol. The minimum absolute atomic E-state index is 0.209. The van der Waals surface area contributed by atoms with Gasteiger partial charge in [-0.25, -0.2) is 0 Å². The molecule has 2 heterocycles. The minimum atomic E-state index is 0.209. The van der Waals surface area contributed by atoms with E-state index in [-0.39, 0.29) is 5.92 Å². The van der Waals surface area contributed by atoms with Gasteiger partial charge in [-0.1, -0.05) is 0 Å². The quantitative estimate of drug-likeness (QED) is 0.823. The van der Waals surface area contributed by atoms with Crippen LogP contribution in [-0.2, 0) is 17.8 Å². The van der Waals surface area contributed by atoms with E-state index in [2.05, 4.69) is 17.3 Å². The number of carbonyl (C=O) groups is 1. The first-order chi connectivity index (χ1) is 7.70. The number of carbonyl (C=O) groups excluding carboxylic acids is 1. The fourth-order valence-corrected chi connectivity index (χ4v) is 2.27. The molecule has 0 aromatic carbocycles. The van der Waals surface area contributed by atoms with Crippen LogP contribution >= 0.6 is 0 Å². The smallest absolute Gasteiger partial charge is 0.143 e. The SMILES string of the molecule is CCn1nc(C)cc1CC(=O)C1CCNC1. The Hall–Kier alpha value is -1.16. The number of ketones is 1. The monoisotopic (exact) mass is 221 g/mol. The summed E-state index contributed by atoms with van der Waals surface area (Å²) >= 11 is 0. The Morgan fingerprint density at radius 3 is 3.12 bits per heavy atom. The van der Waals surface area contributed by atoms with E-state index in [0.717, 1.165) is 37.4 Å². The summed E-state index contributed by atoms with van der Waals surface area (Å²) in [4.78, 5) is 12.0. The highest BCUT2D eigenvalue weighted by atomic mass is 16.1. The van der Waals surface area contributed by atoms with E-state index in [4.69, 9.17) is 0 Å². The molecule has 0 saturated carbocycles. The summed E-state index contributed by atoms with van der Waals surface area (Å²) in [5.41, 5.74) is 2.05. The van der Waals surface area contributed by atoms with Gasteiger partial charge < -0.3 is 5.32 Å². The summed E-state index contributed by atoms with van der Waals surface area (Å²) in [6, 6.07) is 2.02. The van der Waals surface area contributed by atoms with Crippen molar-refractivity contribution in [3.05, 3.63) is 17.5 Å². The highest BCUT2D eigenvalue weighted by molar-refractivity contribution is 5.83. The van der Waals surface area contributed by atoms with E-state index in [1.165, 1.54) is 0 Å². The zero-order chi connectivity index (χ0) is 11.5. The third kappa shape index (κ3) is 2.32. The normalized spacial score (nSPS) is 20.2. The van der Waals surface area contributed by atoms with E-state index in [1.54, 1.807) is 0 Å². The van der Waals surface area contributed by atoms with Gasteiger partial charge in [0, 0.05) is 31.1 Å². The molecule has 1 atom stereocenters. The van der Waals surface area contributed by atoms with Gasteiger partial charge in [0.05, 0.1) is 5.69 Å². The molecule has 16 heavy (non-hydrogen) atoms. The summed E-state index contributed by atoms with van der Waals surface area (Å²) in [6.07, 6.45) is 1.51. The van der Waals surface area contributed by atoms with Crippen molar-refractivity contribution >= 4 is 5.78 Å².